The second-order valence-electron chi connectivity index (χ2n) is 4.49. The molecule has 0 bridgehead atoms. The number of pyridine rings is 1. The molecule has 0 unspecified atom stereocenters. The van der Waals surface area contributed by atoms with Gasteiger partial charge in [0.05, 0.1) is 11.9 Å². The molecule has 5 heteroatoms. The van der Waals surface area contributed by atoms with E-state index in [2.05, 4.69) is 4.98 Å². The van der Waals surface area contributed by atoms with Crippen LogP contribution < -0.4 is 10.6 Å². The quantitative estimate of drug-likeness (QED) is 0.925. The molecule has 1 heterocycles. The molecule has 0 fully saturated rings. The van der Waals surface area contributed by atoms with E-state index in [1.54, 1.807) is 18.1 Å². The third-order valence-corrected chi connectivity index (χ3v) is 2.94. The molecule has 2 N–H and O–H groups in total. The van der Waals surface area contributed by atoms with Crippen molar-refractivity contribution in [3.05, 3.63) is 53.2 Å². The van der Waals surface area contributed by atoms with Gasteiger partial charge in [0.15, 0.2) is 0 Å². The fraction of sp³-hybridized carbons (Fsp3) is 0.214. The highest BCUT2D eigenvalue weighted by Gasteiger charge is 2.09. The van der Waals surface area contributed by atoms with Gasteiger partial charge in [0.2, 0.25) is 0 Å². The molecule has 0 amide bonds. The molecule has 0 aliphatic carbocycles. The van der Waals surface area contributed by atoms with Crippen LogP contribution >= 0.6 is 0 Å². The maximum atomic E-state index is 13.6. The summed E-state index contributed by atoms with van der Waals surface area (Å²) in [5.74, 6) is -0.220. The first-order chi connectivity index (χ1) is 8.97. The number of nitrogens with two attached hydrogens (primary N) is 1. The van der Waals surface area contributed by atoms with Crippen LogP contribution in [0.25, 0.3) is 0 Å². The van der Waals surface area contributed by atoms with Gasteiger partial charge >= 0.3 is 0 Å². The first-order valence-corrected chi connectivity index (χ1v) is 5.84. The average molecular weight is 263 g/mol. The minimum Gasteiger partial charge on any atom is -0.397 e. The molecule has 100 valence electrons. The second kappa shape index (κ2) is 5.22. The van der Waals surface area contributed by atoms with Gasteiger partial charge in [-0.25, -0.2) is 13.8 Å². The van der Waals surface area contributed by atoms with E-state index in [9.17, 15) is 8.78 Å². The summed E-state index contributed by atoms with van der Waals surface area (Å²) in [6.45, 7) is 2.11. The Balaban J connectivity index is 2.22. The van der Waals surface area contributed by atoms with Crippen LogP contribution in [0.15, 0.2) is 30.5 Å². The zero-order valence-electron chi connectivity index (χ0n) is 10.8. The highest BCUT2D eigenvalue weighted by molar-refractivity contribution is 5.52. The first kappa shape index (κ1) is 13.3. The van der Waals surface area contributed by atoms with E-state index in [-0.39, 0.29) is 6.54 Å². The lowest BCUT2D eigenvalue weighted by Gasteiger charge is -2.19. The molecule has 0 saturated carbocycles. The number of halogens is 2. The topological polar surface area (TPSA) is 42.2 Å². The van der Waals surface area contributed by atoms with Crippen molar-refractivity contribution in [3.63, 3.8) is 0 Å². The molecule has 0 aliphatic rings. The van der Waals surface area contributed by atoms with Crippen LogP contribution in [-0.4, -0.2) is 12.0 Å². The van der Waals surface area contributed by atoms with Gasteiger partial charge in [0.25, 0.3) is 0 Å². The largest absolute Gasteiger partial charge is 0.397 e. The third kappa shape index (κ3) is 2.99. The van der Waals surface area contributed by atoms with Crippen molar-refractivity contribution in [2.75, 3.05) is 17.7 Å². The lowest BCUT2D eigenvalue weighted by molar-refractivity contribution is 0.583. The van der Waals surface area contributed by atoms with Crippen LogP contribution in [0.3, 0.4) is 0 Å². The van der Waals surface area contributed by atoms with Gasteiger partial charge in [-0.05, 0) is 36.8 Å². The summed E-state index contributed by atoms with van der Waals surface area (Å²) >= 11 is 0. The number of rotatable bonds is 3. The monoisotopic (exact) mass is 263 g/mol. The van der Waals surface area contributed by atoms with Gasteiger partial charge < -0.3 is 10.6 Å². The Bertz CT molecular complexity index is 599. The maximum Gasteiger partial charge on any atom is 0.128 e. The Hall–Kier alpha value is -2.17. The number of benzene rings is 1. The SMILES string of the molecule is Cc1cc(N(C)Cc2cc(F)ccc2F)ncc1N. The van der Waals surface area contributed by atoms with Crippen molar-refractivity contribution in [2.45, 2.75) is 13.5 Å². The van der Waals surface area contributed by atoms with Gasteiger partial charge in [-0.3, -0.25) is 0 Å². The molecule has 2 rings (SSSR count). The number of anilines is 2. The summed E-state index contributed by atoms with van der Waals surface area (Å²) in [7, 11) is 1.77. The van der Waals surface area contributed by atoms with Crippen molar-refractivity contribution in [1.82, 2.24) is 4.98 Å². The fourth-order valence-electron chi connectivity index (χ4n) is 1.76. The molecular formula is C14H15F2N3. The fourth-order valence-corrected chi connectivity index (χ4v) is 1.76. The van der Waals surface area contributed by atoms with Gasteiger partial charge in [0.1, 0.15) is 17.5 Å². The molecule has 0 aliphatic heterocycles. The Morgan fingerprint density at radius 1 is 1.26 bits per heavy atom. The van der Waals surface area contributed by atoms with E-state index in [1.807, 2.05) is 13.0 Å². The Kier molecular flexibility index (Phi) is 3.64. The third-order valence-electron chi connectivity index (χ3n) is 2.94. The normalized spacial score (nSPS) is 10.5. The van der Waals surface area contributed by atoms with Crippen LogP contribution in [-0.2, 0) is 6.54 Å². The minimum absolute atomic E-state index is 0.236. The van der Waals surface area contributed by atoms with E-state index in [0.717, 1.165) is 17.7 Å². The van der Waals surface area contributed by atoms with E-state index in [4.69, 9.17) is 5.73 Å². The van der Waals surface area contributed by atoms with Crippen LogP contribution in [0.5, 0.6) is 0 Å². The van der Waals surface area contributed by atoms with Crippen LogP contribution in [0.4, 0.5) is 20.3 Å². The molecule has 1 aromatic carbocycles. The van der Waals surface area contributed by atoms with Crippen molar-refractivity contribution in [1.29, 1.82) is 0 Å². The van der Waals surface area contributed by atoms with Crippen LogP contribution in [0.1, 0.15) is 11.1 Å². The summed E-state index contributed by atoms with van der Waals surface area (Å²) in [6, 6.07) is 5.23. The van der Waals surface area contributed by atoms with Crippen LogP contribution in [0.2, 0.25) is 0 Å². The second-order valence-corrected chi connectivity index (χ2v) is 4.49. The summed E-state index contributed by atoms with van der Waals surface area (Å²) in [6.07, 6.45) is 1.56. The predicted molar refractivity (Wildman–Crippen MR) is 71.9 cm³/mol. The van der Waals surface area contributed by atoms with Gasteiger partial charge in [-0.2, -0.15) is 0 Å². The molecule has 0 atom stereocenters. The number of hydrogen-bond acceptors (Lipinski definition) is 3. The Labute approximate surface area is 110 Å². The molecule has 1 aromatic heterocycles. The summed E-state index contributed by atoms with van der Waals surface area (Å²) in [5.41, 5.74) is 7.49. The molecular weight excluding hydrogens is 248 g/mol. The zero-order chi connectivity index (χ0) is 14.0. The Morgan fingerprint density at radius 2 is 2.00 bits per heavy atom. The average Bonchev–Trinajstić information content (AvgIpc) is 2.37. The standard InChI is InChI=1S/C14H15F2N3/c1-9-5-14(18-7-13(9)17)19(2)8-10-6-11(15)3-4-12(10)16/h3-7H,8,17H2,1-2H3. The van der Waals surface area contributed by atoms with Crippen molar-refractivity contribution in [3.8, 4) is 0 Å². The smallest absolute Gasteiger partial charge is 0.128 e. The summed E-state index contributed by atoms with van der Waals surface area (Å²) in [5, 5.41) is 0. The highest BCUT2D eigenvalue weighted by Crippen LogP contribution is 2.19. The number of hydrogen-bond donors (Lipinski definition) is 1. The molecule has 0 saturated heterocycles. The number of nitrogen functional groups attached to an aromatic ring is 1. The molecule has 2 aromatic rings. The summed E-state index contributed by atoms with van der Waals surface area (Å²) < 4.78 is 26.7. The minimum atomic E-state index is -0.453. The van der Waals surface area contributed by atoms with E-state index in [1.165, 1.54) is 6.07 Å². The van der Waals surface area contributed by atoms with Gasteiger partial charge in [-0.15, -0.1) is 0 Å². The summed E-state index contributed by atoms with van der Waals surface area (Å²) in [4.78, 5) is 5.91. The number of aromatic nitrogens is 1. The molecule has 19 heavy (non-hydrogen) atoms. The lowest BCUT2D eigenvalue weighted by Crippen LogP contribution is -2.19. The van der Waals surface area contributed by atoms with Gasteiger partial charge in [-0.1, -0.05) is 0 Å². The predicted octanol–water partition coefficient (Wildman–Crippen LogP) is 2.89. The molecule has 0 radical (unpaired) electrons. The number of nitrogens with zero attached hydrogens (tertiary/aromatic N) is 2. The van der Waals surface area contributed by atoms with Crippen molar-refractivity contribution in [2.24, 2.45) is 0 Å². The van der Waals surface area contributed by atoms with Crippen molar-refractivity contribution >= 4 is 11.5 Å². The molecule has 3 nitrogen and oxygen atoms in total. The Morgan fingerprint density at radius 3 is 2.68 bits per heavy atom. The number of aryl methyl sites for hydroxylation is 1. The van der Waals surface area contributed by atoms with E-state index < -0.39 is 11.6 Å². The lowest BCUT2D eigenvalue weighted by atomic mass is 10.2. The van der Waals surface area contributed by atoms with E-state index in [0.29, 0.717) is 17.1 Å². The first-order valence-electron chi connectivity index (χ1n) is 5.84. The zero-order valence-corrected chi connectivity index (χ0v) is 10.8. The van der Waals surface area contributed by atoms with Crippen LogP contribution in [0, 0.1) is 18.6 Å². The maximum absolute atomic E-state index is 13.6. The van der Waals surface area contributed by atoms with Crippen molar-refractivity contribution < 1.29 is 8.78 Å². The van der Waals surface area contributed by atoms with E-state index >= 15 is 0 Å². The van der Waals surface area contributed by atoms with Gasteiger partial charge in [0, 0.05) is 19.2 Å². The molecule has 0 spiro atoms. The highest BCUT2D eigenvalue weighted by atomic mass is 19.1.